The summed E-state index contributed by atoms with van der Waals surface area (Å²) < 4.78 is 6.68. The van der Waals surface area contributed by atoms with E-state index in [0.717, 1.165) is 10.2 Å². The minimum Gasteiger partial charge on any atom is -0.492 e. The van der Waals surface area contributed by atoms with Crippen molar-refractivity contribution >= 4 is 39.1 Å². The third-order valence-corrected chi connectivity index (χ3v) is 4.53. The second-order valence-electron chi connectivity index (χ2n) is 5.82. The van der Waals surface area contributed by atoms with Crippen molar-refractivity contribution in [2.24, 2.45) is 0 Å². The molecule has 0 aliphatic carbocycles. The van der Waals surface area contributed by atoms with E-state index in [1.807, 2.05) is 18.2 Å². The van der Waals surface area contributed by atoms with Gasteiger partial charge in [-0.15, -0.1) is 0 Å². The Morgan fingerprint density at radius 1 is 1.25 bits per heavy atom. The van der Waals surface area contributed by atoms with E-state index in [1.54, 1.807) is 12.1 Å². The summed E-state index contributed by atoms with van der Waals surface area (Å²) in [6, 6.07) is 13.3. The first-order valence-corrected chi connectivity index (χ1v) is 9.11. The summed E-state index contributed by atoms with van der Waals surface area (Å²) in [6.45, 7) is 4.79. The Kier molecular flexibility index (Phi) is 7.13. The summed E-state index contributed by atoms with van der Waals surface area (Å²) >= 11 is 9.55. The van der Waals surface area contributed by atoms with E-state index in [4.69, 9.17) is 16.3 Å². The Morgan fingerprint density at radius 2 is 2.00 bits per heavy atom. The van der Waals surface area contributed by atoms with Gasteiger partial charge in [0.2, 0.25) is 5.91 Å². The minimum absolute atomic E-state index is 0.0686. The van der Waals surface area contributed by atoms with Crippen LogP contribution in [0.1, 0.15) is 38.2 Å². The van der Waals surface area contributed by atoms with E-state index in [2.05, 4.69) is 47.2 Å². The number of carbonyl (C=O) groups is 1. The summed E-state index contributed by atoms with van der Waals surface area (Å²) in [4.78, 5) is 11.9. The third-order valence-electron chi connectivity index (χ3n) is 3.58. The fourth-order valence-corrected chi connectivity index (χ4v) is 2.88. The predicted octanol–water partition coefficient (Wildman–Crippen LogP) is 6.02. The van der Waals surface area contributed by atoms with Crippen molar-refractivity contribution in [2.45, 2.75) is 32.6 Å². The molecule has 0 aliphatic heterocycles. The van der Waals surface area contributed by atoms with Gasteiger partial charge < -0.3 is 10.1 Å². The van der Waals surface area contributed by atoms with Gasteiger partial charge in [0.1, 0.15) is 5.75 Å². The van der Waals surface area contributed by atoms with Crippen LogP contribution in [0.5, 0.6) is 5.75 Å². The van der Waals surface area contributed by atoms with Gasteiger partial charge in [0.05, 0.1) is 21.8 Å². The number of ether oxygens (including phenoxy) is 1. The second-order valence-corrected chi connectivity index (χ2v) is 7.09. The van der Waals surface area contributed by atoms with Crippen molar-refractivity contribution in [3.63, 3.8) is 0 Å². The lowest BCUT2D eigenvalue weighted by atomic mass is 10.0. The predicted molar refractivity (Wildman–Crippen MR) is 103 cm³/mol. The number of halogens is 2. The molecule has 0 spiro atoms. The van der Waals surface area contributed by atoms with E-state index >= 15 is 0 Å². The molecule has 3 nitrogen and oxygen atoms in total. The molecule has 0 fully saturated rings. The first-order chi connectivity index (χ1) is 11.5. The van der Waals surface area contributed by atoms with Gasteiger partial charge in [0.15, 0.2) is 0 Å². The molecular formula is C19H21BrClNO2. The molecule has 0 atom stereocenters. The number of hydrogen-bond acceptors (Lipinski definition) is 2. The standard InChI is InChI=1S/C19H21BrClNO2/c1-13(2)14-9-10-18(15(20)12-14)24-11-5-8-19(23)22-17-7-4-3-6-16(17)21/h3-4,6-7,9-10,12-13H,5,8,11H2,1-2H3,(H,22,23). The highest BCUT2D eigenvalue weighted by Gasteiger charge is 2.07. The molecule has 0 saturated heterocycles. The highest BCUT2D eigenvalue weighted by Crippen LogP contribution is 2.29. The quantitative estimate of drug-likeness (QED) is 0.566. The van der Waals surface area contributed by atoms with Crippen LogP contribution in [0.25, 0.3) is 0 Å². The summed E-state index contributed by atoms with van der Waals surface area (Å²) in [5.74, 6) is 1.20. The van der Waals surface area contributed by atoms with E-state index < -0.39 is 0 Å². The van der Waals surface area contributed by atoms with Crippen LogP contribution in [0.15, 0.2) is 46.9 Å². The van der Waals surface area contributed by atoms with Crippen LogP contribution in [0.4, 0.5) is 5.69 Å². The molecule has 5 heteroatoms. The maximum atomic E-state index is 11.9. The first-order valence-electron chi connectivity index (χ1n) is 7.94. The van der Waals surface area contributed by atoms with Gasteiger partial charge in [-0.2, -0.15) is 0 Å². The fraction of sp³-hybridized carbons (Fsp3) is 0.316. The van der Waals surface area contributed by atoms with Gasteiger partial charge in [0.25, 0.3) is 0 Å². The van der Waals surface area contributed by atoms with Gasteiger partial charge in [-0.05, 0) is 58.1 Å². The number of hydrogen-bond donors (Lipinski definition) is 1. The average molecular weight is 411 g/mol. The third kappa shape index (κ3) is 5.53. The molecule has 0 heterocycles. The van der Waals surface area contributed by atoms with Crippen molar-refractivity contribution in [3.05, 3.63) is 57.5 Å². The van der Waals surface area contributed by atoms with Gasteiger partial charge in [0, 0.05) is 6.42 Å². The number of amides is 1. The molecule has 0 bridgehead atoms. The zero-order chi connectivity index (χ0) is 17.5. The SMILES string of the molecule is CC(C)c1ccc(OCCCC(=O)Nc2ccccc2Cl)c(Br)c1. The van der Waals surface area contributed by atoms with Crippen LogP contribution in [-0.2, 0) is 4.79 Å². The van der Waals surface area contributed by atoms with E-state index in [0.29, 0.717) is 36.1 Å². The lowest BCUT2D eigenvalue weighted by Gasteiger charge is -2.11. The molecule has 2 aromatic rings. The lowest BCUT2D eigenvalue weighted by molar-refractivity contribution is -0.116. The maximum Gasteiger partial charge on any atom is 0.224 e. The van der Waals surface area contributed by atoms with Crippen molar-refractivity contribution in [1.29, 1.82) is 0 Å². The Balaban J connectivity index is 1.77. The molecule has 0 saturated carbocycles. The average Bonchev–Trinajstić information content (AvgIpc) is 2.54. The van der Waals surface area contributed by atoms with Crippen LogP contribution < -0.4 is 10.1 Å². The highest BCUT2D eigenvalue weighted by atomic mass is 79.9. The van der Waals surface area contributed by atoms with Gasteiger partial charge >= 0.3 is 0 Å². The second kappa shape index (κ2) is 9.09. The summed E-state index contributed by atoms with van der Waals surface area (Å²) in [5, 5.41) is 3.34. The molecule has 0 radical (unpaired) electrons. The molecule has 24 heavy (non-hydrogen) atoms. The highest BCUT2D eigenvalue weighted by molar-refractivity contribution is 9.10. The zero-order valence-electron chi connectivity index (χ0n) is 13.8. The molecule has 2 rings (SSSR count). The molecule has 1 N–H and O–H groups in total. The largest absolute Gasteiger partial charge is 0.492 e. The number of carbonyl (C=O) groups excluding carboxylic acids is 1. The molecular weight excluding hydrogens is 390 g/mol. The molecule has 0 aliphatic rings. The summed E-state index contributed by atoms with van der Waals surface area (Å²) in [5.41, 5.74) is 1.89. The molecule has 0 aromatic heterocycles. The van der Waals surface area contributed by atoms with Crippen molar-refractivity contribution in [2.75, 3.05) is 11.9 Å². The Morgan fingerprint density at radius 3 is 2.67 bits per heavy atom. The van der Waals surface area contributed by atoms with Crippen LogP contribution >= 0.6 is 27.5 Å². The van der Waals surface area contributed by atoms with Crippen LogP contribution in [0.2, 0.25) is 5.02 Å². The fourth-order valence-electron chi connectivity index (χ4n) is 2.18. The van der Waals surface area contributed by atoms with Crippen molar-refractivity contribution < 1.29 is 9.53 Å². The summed E-state index contributed by atoms with van der Waals surface area (Å²) in [7, 11) is 0. The van der Waals surface area contributed by atoms with Gasteiger partial charge in [-0.1, -0.05) is 43.6 Å². The van der Waals surface area contributed by atoms with E-state index in [1.165, 1.54) is 5.56 Å². The maximum absolute atomic E-state index is 11.9. The Labute approximate surface area is 156 Å². The monoisotopic (exact) mass is 409 g/mol. The molecule has 2 aromatic carbocycles. The molecule has 1 amide bonds. The molecule has 0 unspecified atom stereocenters. The number of nitrogens with one attached hydrogen (secondary N) is 1. The van der Waals surface area contributed by atoms with Crippen LogP contribution in [-0.4, -0.2) is 12.5 Å². The Hall–Kier alpha value is -1.52. The van der Waals surface area contributed by atoms with Crippen molar-refractivity contribution in [3.8, 4) is 5.75 Å². The number of rotatable bonds is 7. The smallest absolute Gasteiger partial charge is 0.224 e. The topological polar surface area (TPSA) is 38.3 Å². The summed E-state index contributed by atoms with van der Waals surface area (Å²) in [6.07, 6.45) is 1.02. The molecule has 128 valence electrons. The Bertz CT molecular complexity index is 704. The van der Waals surface area contributed by atoms with Crippen molar-refractivity contribution in [1.82, 2.24) is 0 Å². The number of anilines is 1. The normalized spacial score (nSPS) is 10.7. The van der Waals surface area contributed by atoms with Crippen LogP contribution in [0.3, 0.4) is 0 Å². The minimum atomic E-state index is -0.0686. The van der Waals surface area contributed by atoms with E-state index in [-0.39, 0.29) is 5.91 Å². The lowest BCUT2D eigenvalue weighted by Crippen LogP contribution is -2.13. The van der Waals surface area contributed by atoms with Gasteiger partial charge in [-0.25, -0.2) is 0 Å². The van der Waals surface area contributed by atoms with E-state index in [9.17, 15) is 4.79 Å². The van der Waals surface area contributed by atoms with Gasteiger partial charge in [-0.3, -0.25) is 4.79 Å². The van der Waals surface area contributed by atoms with Crippen LogP contribution in [0, 0.1) is 0 Å². The first kappa shape index (κ1) is 18.8. The zero-order valence-corrected chi connectivity index (χ0v) is 16.2. The number of para-hydroxylation sites is 1. The number of benzene rings is 2.